The summed E-state index contributed by atoms with van der Waals surface area (Å²) in [6.45, 7) is 8.45. The third kappa shape index (κ3) is 7.85. The van der Waals surface area contributed by atoms with Crippen molar-refractivity contribution >= 4 is 18.3 Å². The van der Waals surface area contributed by atoms with Crippen LogP contribution in [-0.4, -0.2) is 90.7 Å². The standard InChI is InChI=1S/C20H26N2O5.C9H19NO/c1-21-11-14(13-5-6-16-17(10-13)27-12-26-16)19(20(24)25)15(21)7-9-22-8-3-2-4-18(22)23;1-3-5-7-10(9-11)8-6-4-2/h5-6,10,14-15,19H,2-4,7-9,11-12H2,1H3,(H,24,25);9H,3-8H2,1-2H3. The van der Waals surface area contributed by atoms with Gasteiger partial charge in [0.05, 0.1) is 5.92 Å². The molecule has 0 saturated carbocycles. The Labute approximate surface area is 227 Å². The number of carboxylic acid groups (broad SMARTS) is 1. The molecule has 1 aromatic carbocycles. The van der Waals surface area contributed by atoms with Gasteiger partial charge in [-0.25, -0.2) is 0 Å². The van der Waals surface area contributed by atoms with E-state index in [-0.39, 0.29) is 24.7 Å². The number of carbonyl (C=O) groups is 3. The topological polar surface area (TPSA) is 99.6 Å². The summed E-state index contributed by atoms with van der Waals surface area (Å²) in [5.41, 5.74) is 0.968. The number of piperidine rings is 1. The fraction of sp³-hybridized carbons (Fsp3) is 0.690. The van der Waals surface area contributed by atoms with Crippen LogP contribution in [0, 0.1) is 5.92 Å². The number of likely N-dealkylation sites (N-methyl/N-ethyl adjacent to an activating group) is 1. The van der Waals surface area contributed by atoms with E-state index in [9.17, 15) is 19.5 Å². The van der Waals surface area contributed by atoms with E-state index in [1.807, 2.05) is 35.0 Å². The van der Waals surface area contributed by atoms with E-state index >= 15 is 0 Å². The Hall–Kier alpha value is -2.81. The second-order valence-electron chi connectivity index (χ2n) is 10.6. The Morgan fingerprint density at radius 3 is 2.47 bits per heavy atom. The lowest BCUT2D eigenvalue weighted by molar-refractivity contribution is -0.143. The number of hydrogen-bond donors (Lipinski definition) is 1. The molecule has 212 valence electrons. The van der Waals surface area contributed by atoms with Gasteiger partial charge in [-0.3, -0.25) is 14.4 Å². The summed E-state index contributed by atoms with van der Waals surface area (Å²) in [6, 6.07) is 5.62. The van der Waals surface area contributed by atoms with E-state index in [1.54, 1.807) is 0 Å². The number of aliphatic carboxylic acids is 1. The first-order chi connectivity index (χ1) is 18.4. The number of carboxylic acids is 1. The Morgan fingerprint density at radius 1 is 1.13 bits per heavy atom. The molecule has 3 unspecified atom stereocenters. The number of unbranched alkanes of at least 4 members (excludes halogenated alkanes) is 2. The van der Waals surface area contributed by atoms with Crippen LogP contribution in [0.15, 0.2) is 18.2 Å². The first kappa shape index (κ1) is 29.7. The zero-order chi connectivity index (χ0) is 27.5. The molecule has 0 radical (unpaired) electrons. The predicted molar refractivity (Wildman–Crippen MR) is 145 cm³/mol. The molecule has 2 amide bonds. The van der Waals surface area contributed by atoms with Gasteiger partial charge in [-0.2, -0.15) is 0 Å². The summed E-state index contributed by atoms with van der Waals surface area (Å²) in [5.74, 6) is 0.191. The molecule has 0 aliphatic carbocycles. The molecular formula is C29H45N3O6. The summed E-state index contributed by atoms with van der Waals surface area (Å²) in [7, 11) is 1.98. The summed E-state index contributed by atoms with van der Waals surface area (Å²) >= 11 is 0. The molecule has 0 bridgehead atoms. The molecule has 3 atom stereocenters. The maximum Gasteiger partial charge on any atom is 0.308 e. The van der Waals surface area contributed by atoms with Crippen molar-refractivity contribution in [2.24, 2.45) is 5.92 Å². The molecule has 9 nitrogen and oxygen atoms in total. The lowest BCUT2D eigenvalue weighted by Crippen LogP contribution is -2.41. The number of nitrogens with zero attached hydrogens (tertiary/aromatic N) is 3. The molecule has 3 heterocycles. The lowest BCUT2D eigenvalue weighted by atomic mass is 9.84. The highest BCUT2D eigenvalue weighted by Crippen LogP contribution is 2.42. The van der Waals surface area contributed by atoms with E-state index in [4.69, 9.17) is 9.47 Å². The van der Waals surface area contributed by atoms with Crippen LogP contribution in [0.3, 0.4) is 0 Å². The fourth-order valence-electron chi connectivity index (χ4n) is 5.62. The number of likely N-dealkylation sites (tertiary alicyclic amines) is 2. The maximum absolute atomic E-state index is 12.1. The highest BCUT2D eigenvalue weighted by Gasteiger charge is 2.45. The van der Waals surface area contributed by atoms with E-state index in [0.29, 0.717) is 37.4 Å². The van der Waals surface area contributed by atoms with Crippen LogP contribution < -0.4 is 9.47 Å². The van der Waals surface area contributed by atoms with Crippen LogP contribution in [0.2, 0.25) is 0 Å². The van der Waals surface area contributed by atoms with Crippen LogP contribution in [0.4, 0.5) is 0 Å². The van der Waals surface area contributed by atoms with Gasteiger partial charge in [-0.1, -0.05) is 32.8 Å². The van der Waals surface area contributed by atoms with Gasteiger partial charge in [-0.05, 0) is 56.8 Å². The third-order valence-corrected chi connectivity index (χ3v) is 7.87. The second kappa shape index (κ2) is 15.0. The normalized spacial score (nSPS) is 22.7. The largest absolute Gasteiger partial charge is 0.481 e. The zero-order valence-corrected chi connectivity index (χ0v) is 23.3. The molecule has 0 spiro atoms. The number of amides is 2. The number of rotatable bonds is 12. The minimum atomic E-state index is -0.781. The highest BCUT2D eigenvalue weighted by molar-refractivity contribution is 5.77. The SMILES string of the molecule is CCCCN(C=O)CCCC.CN1CC(c2ccc3c(c2)OCO3)C(C(=O)O)C1CCN1CCCCC1=O. The average Bonchev–Trinajstić information content (AvgIpc) is 3.52. The Morgan fingerprint density at radius 2 is 1.84 bits per heavy atom. The van der Waals surface area contributed by atoms with Crippen LogP contribution in [0.25, 0.3) is 0 Å². The minimum absolute atomic E-state index is 0.0901. The highest BCUT2D eigenvalue weighted by atomic mass is 16.7. The average molecular weight is 532 g/mol. The van der Waals surface area contributed by atoms with E-state index < -0.39 is 11.9 Å². The molecule has 38 heavy (non-hydrogen) atoms. The number of benzene rings is 1. The molecule has 0 aromatic heterocycles. The molecule has 1 N–H and O–H groups in total. The first-order valence-electron chi connectivity index (χ1n) is 14.2. The summed E-state index contributed by atoms with van der Waals surface area (Å²) in [5, 5.41) is 9.95. The smallest absolute Gasteiger partial charge is 0.308 e. The molecule has 2 fully saturated rings. The lowest BCUT2D eigenvalue weighted by Gasteiger charge is -2.30. The maximum atomic E-state index is 12.1. The van der Waals surface area contributed by atoms with Gasteiger partial charge in [0, 0.05) is 51.1 Å². The van der Waals surface area contributed by atoms with Crippen LogP contribution in [0.1, 0.15) is 76.7 Å². The number of ether oxygens (including phenoxy) is 2. The molecule has 9 heteroatoms. The predicted octanol–water partition coefficient (Wildman–Crippen LogP) is 3.96. The Balaban J connectivity index is 0.000000310. The van der Waals surface area contributed by atoms with E-state index in [1.165, 1.54) is 0 Å². The molecule has 3 aliphatic rings. The second-order valence-corrected chi connectivity index (χ2v) is 10.6. The van der Waals surface area contributed by atoms with Gasteiger partial charge in [0.15, 0.2) is 11.5 Å². The first-order valence-corrected chi connectivity index (χ1v) is 14.2. The molecule has 1 aromatic rings. The Kier molecular flexibility index (Phi) is 11.7. The van der Waals surface area contributed by atoms with Crippen LogP contribution >= 0.6 is 0 Å². The monoisotopic (exact) mass is 531 g/mol. The number of fused-ring (bicyclic) bond motifs is 1. The van der Waals surface area contributed by atoms with E-state index in [0.717, 1.165) is 70.1 Å². The van der Waals surface area contributed by atoms with Gasteiger partial charge in [0.2, 0.25) is 19.1 Å². The number of hydrogen-bond acceptors (Lipinski definition) is 6. The van der Waals surface area contributed by atoms with Gasteiger partial charge >= 0.3 is 5.97 Å². The van der Waals surface area contributed by atoms with Crippen molar-refractivity contribution in [3.8, 4) is 11.5 Å². The molecular weight excluding hydrogens is 486 g/mol. The third-order valence-electron chi connectivity index (χ3n) is 7.87. The quantitative estimate of drug-likeness (QED) is 0.408. The van der Waals surface area contributed by atoms with Gasteiger partial charge in [0.1, 0.15) is 0 Å². The van der Waals surface area contributed by atoms with Gasteiger partial charge in [0.25, 0.3) is 0 Å². The zero-order valence-electron chi connectivity index (χ0n) is 23.3. The van der Waals surface area contributed by atoms with Crippen molar-refractivity contribution in [1.29, 1.82) is 0 Å². The fourth-order valence-corrected chi connectivity index (χ4v) is 5.62. The van der Waals surface area contributed by atoms with Crippen LogP contribution in [0.5, 0.6) is 11.5 Å². The van der Waals surface area contributed by atoms with Crippen molar-refractivity contribution in [2.45, 2.75) is 77.2 Å². The molecule has 4 rings (SSSR count). The van der Waals surface area contributed by atoms with Crippen molar-refractivity contribution in [1.82, 2.24) is 14.7 Å². The van der Waals surface area contributed by atoms with Crippen molar-refractivity contribution in [2.75, 3.05) is 46.6 Å². The minimum Gasteiger partial charge on any atom is -0.481 e. The van der Waals surface area contributed by atoms with Crippen molar-refractivity contribution in [3.05, 3.63) is 23.8 Å². The molecule has 3 aliphatic heterocycles. The summed E-state index contributed by atoms with van der Waals surface area (Å²) in [6.07, 6.45) is 8.84. The van der Waals surface area contributed by atoms with Gasteiger partial charge < -0.3 is 29.3 Å². The molecule has 2 saturated heterocycles. The Bertz CT molecular complexity index is 918. The van der Waals surface area contributed by atoms with Crippen molar-refractivity contribution < 1.29 is 29.0 Å². The summed E-state index contributed by atoms with van der Waals surface area (Å²) in [4.78, 5) is 40.5. The van der Waals surface area contributed by atoms with Crippen molar-refractivity contribution in [3.63, 3.8) is 0 Å². The summed E-state index contributed by atoms with van der Waals surface area (Å²) < 4.78 is 10.8. The van der Waals surface area contributed by atoms with E-state index in [2.05, 4.69) is 18.7 Å². The van der Waals surface area contributed by atoms with Gasteiger partial charge in [-0.15, -0.1) is 0 Å². The number of carbonyl (C=O) groups excluding carboxylic acids is 2. The van der Waals surface area contributed by atoms with Crippen LogP contribution in [-0.2, 0) is 14.4 Å².